The monoisotopic (exact) mass is 750 g/mol. The molecule has 290 valence electrons. The van der Waals surface area contributed by atoms with Crippen LogP contribution in [0, 0.1) is 17.8 Å². The predicted molar refractivity (Wildman–Crippen MR) is 210 cm³/mol. The maximum Gasteiger partial charge on any atom is 0.345 e. The van der Waals surface area contributed by atoms with Crippen LogP contribution < -0.4 is 0 Å². The van der Waals surface area contributed by atoms with Crippen molar-refractivity contribution < 1.29 is 23.1 Å². The van der Waals surface area contributed by atoms with Crippen molar-refractivity contribution in [3.05, 3.63) is 71.4 Å². The van der Waals surface area contributed by atoms with Crippen molar-refractivity contribution in [2.45, 2.75) is 111 Å². The van der Waals surface area contributed by atoms with Crippen LogP contribution in [0.15, 0.2) is 48.7 Å². The smallest absolute Gasteiger partial charge is 0.340 e. The number of likely N-dealkylation sites (tertiary alicyclic amines) is 2. The molecule has 3 aromatic carbocycles. The van der Waals surface area contributed by atoms with Gasteiger partial charge in [-0.15, -0.1) is 0 Å². The standard InChI is InChI=1S/C44H52F2N6O3/c1-24(2)17-39(53)51-22-27(23-55-44(45)46)19-38(51)42-47-21-36(49-42)34-14-13-30(32-7-6-8-33(32)34)28-10-12-31-29(20-28)11-15-35-41(31)50-43(48-35)37-16-9-26(5)52(37)40(54)18-25(3)4/h10-15,20-21,24-27,37-38,44H,6-9,16-19,22-23H2,1-5H3,(H,47,49)(H,48,50)/t26-,27-,37-,38-/m0/s1. The molecule has 2 aromatic heterocycles. The fourth-order valence-electron chi connectivity index (χ4n) is 9.40. The van der Waals surface area contributed by atoms with Crippen LogP contribution in [0.25, 0.3) is 44.2 Å². The molecule has 5 aromatic rings. The molecule has 0 bridgehead atoms. The van der Waals surface area contributed by atoms with E-state index in [0.717, 1.165) is 76.6 Å². The van der Waals surface area contributed by atoms with E-state index >= 15 is 0 Å². The van der Waals surface area contributed by atoms with Crippen molar-refractivity contribution in [1.29, 1.82) is 0 Å². The summed E-state index contributed by atoms with van der Waals surface area (Å²) in [5.41, 5.74) is 8.97. The molecular weight excluding hydrogens is 699 g/mol. The van der Waals surface area contributed by atoms with Gasteiger partial charge in [-0.05, 0) is 97.1 Å². The third-order valence-electron chi connectivity index (χ3n) is 11.9. The summed E-state index contributed by atoms with van der Waals surface area (Å²) in [5, 5.41) is 2.21. The van der Waals surface area contributed by atoms with Crippen LogP contribution in [0.3, 0.4) is 0 Å². The molecule has 9 nitrogen and oxygen atoms in total. The second-order valence-corrected chi connectivity index (χ2v) is 16.9. The lowest BCUT2D eigenvalue weighted by Gasteiger charge is -2.28. The zero-order chi connectivity index (χ0) is 38.5. The number of fused-ring (bicyclic) bond motifs is 4. The minimum absolute atomic E-state index is 0.00951. The van der Waals surface area contributed by atoms with Crippen molar-refractivity contribution in [3.63, 3.8) is 0 Å². The number of nitrogens with one attached hydrogen (secondary N) is 2. The van der Waals surface area contributed by atoms with Crippen molar-refractivity contribution in [3.8, 4) is 22.4 Å². The molecule has 3 aliphatic rings. The first-order chi connectivity index (χ1) is 26.4. The van der Waals surface area contributed by atoms with E-state index in [1.807, 2.05) is 20.0 Å². The summed E-state index contributed by atoms with van der Waals surface area (Å²) in [6, 6.07) is 15.1. The van der Waals surface area contributed by atoms with Crippen LogP contribution in [0.5, 0.6) is 0 Å². The normalized spacial score (nSPS) is 21.3. The van der Waals surface area contributed by atoms with Crippen LogP contribution in [0.4, 0.5) is 8.78 Å². The summed E-state index contributed by atoms with van der Waals surface area (Å²) in [6.07, 6.45) is 8.19. The Bertz CT molecular complexity index is 2230. The molecule has 0 saturated carbocycles. The third-order valence-corrected chi connectivity index (χ3v) is 11.9. The highest BCUT2D eigenvalue weighted by Gasteiger charge is 2.39. The Morgan fingerprint density at radius 1 is 0.891 bits per heavy atom. The number of benzene rings is 3. The second kappa shape index (κ2) is 15.1. The number of imidazole rings is 2. The fraction of sp³-hybridized carbons (Fsp3) is 0.500. The molecule has 0 unspecified atom stereocenters. The van der Waals surface area contributed by atoms with Crippen LogP contribution in [-0.2, 0) is 27.2 Å². The van der Waals surface area contributed by atoms with Gasteiger partial charge in [0.05, 0.1) is 41.6 Å². The third kappa shape index (κ3) is 7.28. The van der Waals surface area contributed by atoms with E-state index < -0.39 is 6.61 Å². The van der Waals surface area contributed by atoms with E-state index in [-0.39, 0.29) is 48.4 Å². The maximum atomic E-state index is 13.3. The van der Waals surface area contributed by atoms with Gasteiger partial charge in [-0.2, -0.15) is 8.78 Å². The van der Waals surface area contributed by atoms with Crippen molar-refractivity contribution >= 4 is 33.6 Å². The van der Waals surface area contributed by atoms with Gasteiger partial charge in [-0.1, -0.05) is 58.0 Å². The molecule has 0 spiro atoms. The van der Waals surface area contributed by atoms with Gasteiger partial charge in [0.25, 0.3) is 0 Å². The number of nitrogens with zero attached hydrogens (tertiary/aromatic N) is 4. The zero-order valence-electron chi connectivity index (χ0n) is 32.5. The Balaban J connectivity index is 1.07. The maximum absolute atomic E-state index is 13.3. The summed E-state index contributed by atoms with van der Waals surface area (Å²) >= 11 is 0. The number of carbonyl (C=O) groups excluding carboxylic acids is 2. The Hall–Kier alpha value is -4.64. The first-order valence-electron chi connectivity index (χ1n) is 20.1. The lowest BCUT2D eigenvalue weighted by Crippen LogP contribution is -2.36. The van der Waals surface area contributed by atoms with Crippen molar-refractivity contribution in [2.24, 2.45) is 17.8 Å². The SMILES string of the molecule is CC(C)CC(=O)N1C[C@@H](COC(F)F)C[C@H]1c1ncc(-c2ccc(-c3ccc4c(ccc5[nH]c([C@@H]6CC[C@H](C)N6C(=O)CC(C)C)nc54)c3)c3c2CCC3)[nH]1. The van der Waals surface area contributed by atoms with E-state index in [9.17, 15) is 18.4 Å². The molecule has 2 aliphatic heterocycles. The second-order valence-electron chi connectivity index (χ2n) is 16.9. The average Bonchev–Trinajstić information content (AvgIpc) is 3.98. The van der Waals surface area contributed by atoms with E-state index in [0.29, 0.717) is 37.5 Å². The number of amides is 2. The number of ether oxygens (including phenoxy) is 1. The van der Waals surface area contributed by atoms with Crippen LogP contribution in [0.2, 0.25) is 0 Å². The highest BCUT2D eigenvalue weighted by molar-refractivity contribution is 6.05. The van der Waals surface area contributed by atoms with Gasteiger partial charge in [-0.3, -0.25) is 9.59 Å². The largest absolute Gasteiger partial charge is 0.345 e. The van der Waals surface area contributed by atoms with Crippen LogP contribution in [0.1, 0.15) is 108 Å². The topological polar surface area (TPSA) is 107 Å². The molecule has 2 fully saturated rings. The minimum Gasteiger partial charge on any atom is -0.340 e. The Morgan fingerprint density at radius 2 is 1.64 bits per heavy atom. The van der Waals surface area contributed by atoms with E-state index in [1.54, 1.807) is 4.90 Å². The molecule has 2 N–H and O–H groups in total. The van der Waals surface area contributed by atoms with Gasteiger partial charge in [0.15, 0.2) is 0 Å². The number of halogens is 2. The molecule has 55 heavy (non-hydrogen) atoms. The van der Waals surface area contributed by atoms with Crippen LogP contribution in [-0.4, -0.2) is 67.4 Å². The van der Waals surface area contributed by atoms with Gasteiger partial charge < -0.3 is 24.5 Å². The summed E-state index contributed by atoms with van der Waals surface area (Å²) in [6.45, 7) is 7.78. The highest BCUT2D eigenvalue weighted by atomic mass is 19.3. The number of H-pyrrole nitrogens is 2. The lowest BCUT2D eigenvalue weighted by atomic mass is 9.91. The molecule has 4 atom stereocenters. The summed E-state index contributed by atoms with van der Waals surface area (Å²) in [7, 11) is 0. The van der Waals surface area contributed by atoms with E-state index in [4.69, 9.17) is 9.97 Å². The number of hydrogen-bond donors (Lipinski definition) is 2. The number of alkyl halides is 2. The Morgan fingerprint density at radius 3 is 2.40 bits per heavy atom. The molecule has 4 heterocycles. The van der Waals surface area contributed by atoms with Crippen LogP contribution >= 0.6 is 0 Å². The van der Waals surface area contributed by atoms with Gasteiger partial charge in [0, 0.05) is 42.3 Å². The van der Waals surface area contributed by atoms with E-state index in [1.165, 1.54) is 16.7 Å². The summed E-state index contributed by atoms with van der Waals surface area (Å²) < 4.78 is 30.4. The highest BCUT2D eigenvalue weighted by Crippen LogP contribution is 2.42. The predicted octanol–water partition coefficient (Wildman–Crippen LogP) is 9.53. The van der Waals surface area contributed by atoms with E-state index in [2.05, 4.69) is 82.8 Å². The number of rotatable bonds is 11. The molecule has 0 radical (unpaired) electrons. The molecule has 1 aliphatic carbocycles. The number of carbonyl (C=O) groups is 2. The quantitative estimate of drug-likeness (QED) is 0.140. The Labute approximate surface area is 321 Å². The average molecular weight is 751 g/mol. The van der Waals surface area contributed by atoms with Crippen molar-refractivity contribution in [1.82, 2.24) is 29.7 Å². The summed E-state index contributed by atoms with van der Waals surface area (Å²) in [4.78, 5) is 47.4. The lowest BCUT2D eigenvalue weighted by molar-refractivity contribution is -0.138. The number of hydrogen-bond acceptors (Lipinski definition) is 5. The molecular formula is C44H52F2N6O3. The molecule has 2 amide bonds. The Kier molecular flexibility index (Phi) is 10.3. The fourth-order valence-corrected chi connectivity index (χ4v) is 9.40. The first-order valence-corrected chi connectivity index (χ1v) is 20.1. The zero-order valence-corrected chi connectivity index (χ0v) is 32.5. The number of aromatic amines is 2. The van der Waals surface area contributed by atoms with Gasteiger partial charge in [0.1, 0.15) is 11.6 Å². The van der Waals surface area contributed by atoms with Gasteiger partial charge in [0.2, 0.25) is 11.8 Å². The number of aromatic nitrogens is 4. The molecule has 11 heteroatoms. The molecule has 2 saturated heterocycles. The minimum atomic E-state index is -2.83. The van der Waals surface area contributed by atoms with Gasteiger partial charge >= 0.3 is 6.61 Å². The van der Waals surface area contributed by atoms with Gasteiger partial charge in [-0.25, -0.2) is 9.97 Å². The van der Waals surface area contributed by atoms with Crippen molar-refractivity contribution in [2.75, 3.05) is 13.2 Å². The summed E-state index contributed by atoms with van der Waals surface area (Å²) in [5.74, 6) is 2.07. The first kappa shape index (κ1) is 37.3. The molecule has 8 rings (SSSR count).